The second kappa shape index (κ2) is 5.07. The van der Waals surface area contributed by atoms with Gasteiger partial charge in [-0.05, 0) is 12.0 Å². The molecule has 0 amide bonds. The molecule has 0 heterocycles. The van der Waals surface area contributed by atoms with Crippen molar-refractivity contribution in [3.05, 3.63) is 29.3 Å². The van der Waals surface area contributed by atoms with Crippen molar-refractivity contribution in [1.29, 1.82) is 0 Å². The van der Waals surface area contributed by atoms with Crippen LogP contribution in [-0.2, 0) is 6.54 Å². The molecule has 0 bridgehead atoms. The predicted octanol–water partition coefficient (Wildman–Crippen LogP) is 2.46. The first-order chi connectivity index (χ1) is 7.04. The first-order valence-corrected chi connectivity index (χ1v) is 4.85. The highest BCUT2D eigenvalue weighted by Gasteiger charge is 2.12. The number of rotatable bonds is 4. The molecule has 0 aliphatic rings. The Balaban J connectivity index is 2.93. The molecular weight excluding hydrogens is 200 g/mol. The minimum atomic E-state index is -0.698. The van der Waals surface area contributed by atoms with Crippen LogP contribution >= 0.6 is 0 Å². The summed E-state index contributed by atoms with van der Waals surface area (Å²) in [6.45, 7) is 4.34. The molecule has 4 heteroatoms. The predicted molar refractivity (Wildman–Crippen MR) is 54.6 cm³/mol. The molecule has 0 spiro atoms. The Hall–Kier alpha value is -1.16. The van der Waals surface area contributed by atoms with E-state index in [4.69, 9.17) is 10.5 Å². The molecule has 1 aromatic carbocycles. The highest BCUT2D eigenvalue weighted by atomic mass is 19.1. The lowest BCUT2D eigenvalue weighted by Crippen LogP contribution is -2.10. The molecule has 15 heavy (non-hydrogen) atoms. The van der Waals surface area contributed by atoms with Crippen LogP contribution in [0.3, 0.4) is 0 Å². The van der Waals surface area contributed by atoms with Crippen molar-refractivity contribution in [2.24, 2.45) is 11.7 Å². The zero-order valence-corrected chi connectivity index (χ0v) is 8.89. The van der Waals surface area contributed by atoms with E-state index in [1.54, 1.807) is 0 Å². The van der Waals surface area contributed by atoms with Gasteiger partial charge in [0.1, 0.15) is 5.82 Å². The second-order valence-electron chi connectivity index (χ2n) is 3.78. The van der Waals surface area contributed by atoms with Crippen molar-refractivity contribution >= 4 is 0 Å². The van der Waals surface area contributed by atoms with Crippen LogP contribution in [0.1, 0.15) is 19.4 Å². The average Bonchev–Trinajstić information content (AvgIpc) is 2.14. The summed E-state index contributed by atoms with van der Waals surface area (Å²) in [5, 5.41) is 0. The van der Waals surface area contributed by atoms with Gasteiger partial charge in [0.25, 0.3) is 0 Å². The third-order valence-corrected chi connectivity index (χ3v) is 1.87. The summed E-state index contributed by atoms with van der Waals surface area (Å²) >= 11 is 0. The lowest BCUT2D eigenvalue weighted by atomic mass is 10.2. The van der Waals surface area contributed by atoms with E-state index in [1.807, 2.05) is 13.8 Å². The largest absolute Gasteiger partial charge is 0.490 e. The van der Waals surface area contributed by atoms with Crippen molar-refractivity contribution in [3.63, 3.8) is 0 Å². The van der Waals surface area contributed by atoms with Crippen LogP contribution in [0.4, 0.5) is 8.78 Å². The van der Waals surface area contributed by atoms with Crippen molar-refractivity contribution in [2.75, 3.05) is 6.61 Å². The standard InChI is InChI=1S/C11H15F2NO/c1-7(2)6-15-11-8(5-14)3-9(12)4-10(11)13/h3-4,7H,5-6,14H2,1-2H3. The monoisotopic (exact) mass is 215 g/mol. The minimum absolute atomic E-state index is 0.0576. The van der Waals surface area contributed by atoms with E-state index in [1.165, 1.54) is 6.07 Å². The van der Waals surface area contributed by atoms with Crippen LogP contribution in [0.2, 0.25) is 0 Å². The number of hydrogen-bond donors (Lipinski definition) is 1. The second-order valence-corrected chi connectivity index (χ2v) is 3.78. The maximum absolute atomic E-state index is 13.3. The van der Waals surface area contributed by atoms with E-state index in [0.717, 1.165) is 6.07 Å². The molecule has 0 aliphatic heterocycles. The molecule has 1 rings (SSSR count). The molecule has 0 unspecified atom stereocenters. The van der Waals surface area contributed by atoms with Crippen LogP contribution in [-0.4, -0.2) is 6.61 Å². The quantitative estimate of drug-likeness (QED) is 0.837. The van der Waals surface area contributed by atoms with Gasteiger partial charge in [0.2, 0.25) is 0 Å². The van der Waals surface area contributed by atoms with Crippen LogP contribution < -0.4 is 10.5 Å². The van der Waals surface area contributed by atoms with Gasteiger partial charge in [-0.2, -0.15) is 0 Å². The molecule has 0 saturated heterocycles. The summed E-state index contributed by atoms with van der Waals surface area (Å²) in [4.78, 5) is 0. The Kier molecular flexibility index (Phi) is 4.03. The molecule has 2 nitrogen and oxygen atoms in total. The van der Waals surface area contributed by atoms with Gasteiger partial charge in [0.05, 0.1) is 6.61 Å². The first-order valence-electron chi connectivity index (χ1n) is 4.85. The summed E-state index contributed by atoms with van der Waals surface area (Å²) in [5.41, 5.74) is 5.74. The Morgan fingerprint density at radius 2 is 2.00 bits per heavy atom. The van der Waals surface area contributed by atoms with E-state index in [9.17, 15) is 8.78 Å². The van der Waals surface area contributed by atoms with E-state index < -0.39 is 11.6 Å². The van der Waals surface area contributed by atoms with Gasteiger partial charge in [-0.1, -0.05) is 13.8 Å². The lowest BCUT2D eigenvalue weighted by Gasteiger charge is -2.13. The summed E-state index contributed by atoms with van der Waals surface area (Å²) < 4.78 is 31.4. The fourth-order valence-corrected chi connectivity index (χ4v) is 1.18. The van der Waals surface area contributed by atoms with Crippen LogP contribution in [0, 0.1) is 17.6 Å². The van der Waals surface area contributed by atoms with Crippen molar-refractivity contribution in [3.8, 4) is 5.75 Å². The molecule has 0 fully saturated rings. The van der Waals surface area contributed by atoms with Crippen LogP contribution in [0.5, 0.6) is 5.75 Å². The fraction of sp³-hybridized carbons (Fsp3) is 0.455. The summed E-state index contributed by atoms with van der Waals surface area (Å²) in [6.07, 6.45) is 0. The molecule has 0 aromatic heterocycles. The zero-order chi connectivity index (χ0) is 11.4. The maximum Gasteiger partial charge on any atom is 0.168 e. The van der Waals surface area contributed by atoms with E-state index in [-0.39, 0.29) is 18.2 Å². The number of ether oxygens (including phenoxy) is 1. The third kappa shape index (κ3) is 3.16. The van der Waals surface area contributed by atoms with Gasteiger partial charge in [-0.25, -0.2) is 8.78 Å². The topological polar surface area (TPSA) is 35.2 Å². The van der Waals surface area contributed by atoms with E-state index >= 15 is 0 Å². The average molecular weight is 215 g/mol. The molecule has 0 atom stereocenters. The van der Waals surface area contributed by atoms with Gasteiger partial charge in [0.15, 0.2) is 11.6 Å². The van der Waals surface area contributed by atoms with Gasteiger partial charge in [0, 0.05) is 18.2 Å². The van der Waals surface area contributed by atoms with Crippen molar-refractivity contribution in [2.45, 2.75) is 20.4 Å². The van der Waals surface area contributed by atoms with Gasteiger partial charge >= 0.3 is 0 Å². The van der Waals surface area contributed by atoms with Crippen LogP contribution in [0.25, 0.3) is 0 Å². The smallest absolute Gasteiger partial charge is 0.168 e. The molecule has 0 radical (unpaired) electrons. The van der Waals surface area contributed by atoms with Gasteiger partial charge in [-0.3, -0.25) is 0 Å². The molecule has 0 saturated carbocycles. The number of halogens is 2. The summed E-state index contributed by atoms with van der Waals surface area (Å²) in [6, 6.07) is 1.99. The van der Waals surface area contributed by atoms with Crippen molar-refractivity contribution < 1.29 is 13.5 Å². The third-order valence-electron chi connectivity index (χ3n) is 1.87. The van der Waals surface area contributed by atoms with E-state index in [0.29, 0.717) is 12.2 Å². The molecule has 0 aliphatic carbocycles. The van der Waals surface area contributed by atoms with Gasteiger partial charge in [-0.15, -0.1) is 0 Å². The highest BCUT2D eigenvalue weighted by molar-refractivity contribution is 5.35. The normalized spacial score (nSPS) is 10.8. The Labute approximate surface area is 88.0 Å². The number of hydrogen-bond acceptors (Lipinski definition) is 2. The number of benzene rings is 1. The Morgan fingerprint density at radius 1 is 1.33 bits per heavy atom. The highest BCUT2D eigenvalue weighted by Crippen LogP contribution is 2.24. The van der Waals surface area contributed by atoms with E-state index in [2.05, 4.69) is 0 Å². The maximum atomic E-state index is 13.3. The van der Waals surface area contributed by atoms with Crippen LogP contribution in [0.15, 0.2) is 12.1 Å². The fourth-order valence-electron chi connectivity index (χ4n) is 1.18. The Morgan fingerprint density at radius 3 is 2.53 bits per heavy atom. The SMILES string of the molecule is CC(C)COc1c(F)cc(F)cc1CN. The zero-order valence-electron chi connectivity index (χ0n) is 8.89. The molecule has 84 valence electrons. The lowest BCUT2D eigenvalue weighted by molar-refractivity contribution is 0.256. The summed E-state index contributed by atoms with van der Waals surface area (Å²) in [7, 11) is 0. The summed E-state index contributed by atoms with van der Waals surface area (Å²) in [5.74, 6) is -0.992. The van der Waals surface area contributed by atoms with Gasteiger partial charge < -0.3 is 10.5 Å². The molecular formula is C11H15F2NO. The minimum Gasteiger partial charge on any atom is -0.490 e. The Bertz CT molecular complexity index is 340. The molecule has 1 aromatic rings. The molecule has 2 N–H and O–H groups in total. The van der Waals surface area contributed by atoms with Crippen molar-refractivity contribution in [1.82, 2.24) is 0 Å². The number of nitrogens with two attached hydrogens (primary N) is 1. The first kappa shape index (κ1) is 11.9.